The van der Waals surface area contributed by atoms with Crippen LogP contribution in [0.3, 0.4) is 0 Å². The third kappa shape index (κ3) is 4.68. The van der Waals surface area contributed by atoms with Crippen molar-refractivity contribution < 1.29 is 4.79 Å². The summed E-state index contributed by atoms with van der Waals surface area (Å²) in [6.45, 7) is 2.02. The highest BCUT2D eigenvalue weighted by molar-refractivity contribution is 5.89. The van der Waals surface area contributed by atoms with Crippen LogP contribution in [0, 0.1) is 0 Å². The van der Waals surface area contributed by atoms with Gasteiger partial charge in [-0.3, -0.25) is 9.67 Å². The average Bonchev–Trinajstić information content (AvgIpc) is 3.16. The van der Waals surface area contributed by atoms with Crippen LogP contribution in [0.25, 0.3) is 0 Å². The molecule has 0 spiro atoms. The molecule has 0 saturated carbocycles. The van der Waals surface area contributed by atoms with E-state index in [4.69, 9.17) is 0 Å². The van der Waals surface area contributed by atoms with Gasteiger partial charge in [0.2, 0.25) is 0 Å². The summed E-state index contributed by atoms with van der Waals surface area (Å²) in [6.07, 6.45) is 7.30. The fourth-order valence-electron chi connectivity index (χ4n) is 3.42. The molecule has 0 radical (unpaired) electrons. The van der Waals surface area contributed by atoms with Crippen molar-refractivity contribution in [3.63, 3.8) is 0 Å². The van der Waals surface area contributed by atoms with Gasteiger partial charge >= 0.3 is 6.03 Å². The number of pyridine rings is 1. The highest BCUT2D eigenvalue weighted by atomic mass is 16.2. The van der Waals surface area contributed by atoms with Gasteiger partial charge in [0.25, 0.3) is 0 Å². The molecular formula is C21H24N6O. The van der Waals surface area contributed by atoms with E-state index in [2.05, 4.69) is 32.8 Å². The number of nitrogens with zero attached hydrogens (tertiary/aromatic N) is 4. The highest BCUT2D eigenvalue weighted by Crippen LogP contribution is 2.17. The number of likely N-dealkylation sites (tertiary alicyclic amines) is 1. The number of benzene rings is 1. The Morgan fingerprint density at radius 3 is 2.79 bits per heavy atom. The van der Waals surface area contributed by atoms with Gasteiger partial charge in [-0.1, -0.05) is 24.3 Å². The van der Waals surface area contributed by atoms with E-state index in [9.17, 15) is 4.79 Å². The zero-order chi connectivity index (χ0) is 19.2. The number of piperidine rings is 1. The maximum absolute atomic E-state index is 12.7. The lowest BCUT2D eigenvalue weighted by molar-refractivity contribution is 0.196. The minimum Gasteiger partial charge on any atom is -0.381 e. The Balaban J connectivity index is 1.32. The van der Waals surface area contributed by atoms with Crippen LogP contribution in [-0.4, -0.2) is 44.8 Å². The number of hydrogen-bond acceptors (Lipinski definition) is 4. The first-order chi connectivity index (χ1) is 13.8. The molecule has 0 unspecified atom stereocenters. The van der Waals surface area contributed by atoms with E-state index in [1.807, 2.05) is 47.5 Å². The second kappa shape index (κ2) is 8.56. The van der Waals surface area contributed by atoms with Gasteiger partial charge in [0.05, 0.1) is 24.1 Å². The number of nitrogens with one attached hydrogen (secondary N) is 2. The lowest BCUT2D eigenvalue weighted by Crippen LogP contribution is -2.46. The van der Waals surface area contributed by atoms with Crippen molar-refractivity contribution in [3.05, 3.63) is 72.8 Å². The van der Waals surface area contributed by atoms with Gasteiger partial charge in [0, 0.05) is 37.2 Å². The molecule has 1 aliphatic rings. The average molecular weight is 376 g/mol. The summed E-state index contributed by atoms with van der Waals surface area (Å²) in [7, 11) is 0. The van der Waals surface area contributed by atoms with Crippen molar-refractivity contribution in [1.29, 1.82) is 0 Å². The Morgan fingerprint density at radius 1 is 1.11 bits per heavy atom. The van der Waals surface area contributed by atoms with E-state index in [1.165, 1.54) is 0 Å². The number of carbonyl (C=O) groups excluding carboxylic acids is 1. The van der Waals surface area contributed by atoms with Crippen molar-refractivity contribution in [3.8, 4) is 0 Å². The van der Waals surface area contributed by atoms with E-state index in [-0.39, 0.29) is 12.1 Å². The standard InChI is InChI=1S/C21H24N6O/c28-21(25-20-13-23-27(16-20)15-18-9-4-5-11-22-18)26-12-6-10-19(14-26)24-17-7-2-1-3-8-17/h1-5,7-9,11,13,16,19,24H,6,10,12,14-15H2,(H,25,28)/t19-/m0/s1. The van der Waals surface area contributed by atoms with Crippen molar-refractivity contribution in [2.24, 2.45) is 0 Å². The van der Waals surface area contributed by atoms with Crippen molar-refractivity contribution >= 4 is 17.4 Å². The van der Waals surface area contributed by atoms with Crippen LogP contribution >= 0.6 is 0 Å². The normalized spacial score (nSPS) is 16.6. The fraction of sp³-hybridized carbons (Fsp3) is 0.286. The minimum atomic E-state index is -0.0862. The molecule has 3 heterocycles. The number of para-hydroxylation sites is 1. The van der Waals surface area contributed by atoms with E-state index >= 15 is 0 Å². The summed E-state index contributed by atoms with van der Waals surface area (Å²) >= 11 is 0. The van der Waals surface area contributed by atoms with Crippen LogP contribution in [0.1, 0.15) is 18.5 Å². The summed E-state index contributed by atoms with van der Waals surface area (Å²) in [5.41, 5.74) is 2.71. The summed E-state index contributed by atoms with van der Waals surface area (Å²) in [6, 6.07) is 16.1. The van der Waals surface area contributed by atoms with Crippen LogP contribution in [0.15, 0.2) is 67.1 Å². The van der Waals surface area contributed by atoms with Gasteiger partial charge in [-0.15, -0.1) is 0 Å². The van der Waals surface area contributed by atoms with Gasteiger partial charge in [-0.2, -0.15) is 5.10 Å². The SMILES string of the molecule is O=C(Nc1cnn(Cc2ccccn2)c1)N1CCC[C@H](Nc2ccccc2)C1. The van der Waals surface area contributed by atoms with Crippen molar-refractivity contribution in [1.82, 2.24) is 19.7 Å². The maximum Gasteiger partial charge on any atom is 0.322 e. The lowest BCUT2D eigenvalue weighted by Gasteiger charge is -2.33. The maximum atomic E-state index is 12.7. The van der Waals surface area contributed by atoms with Crippen LogP contribution in [0.5, 0.6) is 0 Å². The molecule has 0 bridgehead atoms. The number of carbonyl (C=O) groups is 1. The molecule has 7 heteroatoms. The summed E-state index contributed by atoms with van der Waals surface area (Å²) in [4.78, 5) is 18.8. The predicted octanol–water partition coefficient (Wildman–Crippen LogP) is 3.43. The van der Waals surface area contributed by atoms with Gasteiger partial charge in [-0.25, -0.2) is 4.79 Å². The third-order valence-electron chi connectivity index (χ3n) is 4.79. The monoisotopic (exact) mass is 376 g/mol. The second-order valence-electron chi connectivity index (χ2n) is 6.97. The third-order valence-corrected chi connectivity index (χ3v) is 4.79. The molecule has 3 aromatic rings. The molecule has 7 nitrogen and oxygen atoms in total. The van der Waals surface area contributed by atoms with Crippen molar-refractivity contribution in [2.75, 3.05) is 23.7 Å². The Bertz CT molecular complexity index is 896. The van der Waals surface area contributed by atoms with Crippen LogP contribution in [0.4, 0.5) is 16.2 Å². The smallest absolute Gasteiger partial charge is 0.322 e. The summed E-state index contributed by atoms with van der Waals surface area (Å²) < 4.78 is 1.77. The van der Waals surface area contributed by atoms with Crippen molar-refractivity contribution in [2.45, 2.75) is 25.4 Å². The molecule has 2 N–H and O–H groups in total. The number of rotatable bonds is 5. The molecule has 2 amide bonds. The molecule has 1 atom stereocenters. The van der Waals surface area contributed by atoms with Crippen LogP contribution < -0.4 is 10.6 Å². The molecule has 0 aliphatic carbocycles. The van der Waals surface area contributed by atoms with E-state index in [1.54, 1.807) is 17.1 Å². The Labute approximate surface area is 164 Å². The second-order valence-corrected chi connectivity index (χ2v) is 6.97. The molecule has 144 valence electrons. The lowest BCUT2D eigenvalue weighted by atomic mass is 10.1. The fourth-order valence-corrected chi connectivity index (χ4v) is 3.42. The molecule has 2 aromatic heterocycles. The van der Waals surface area contributed by atoms with Gasteiger partial charge in [-0.05, 0) is 37.1 Å². The van der Waals surface area contributed by atoms with Gasteiger partial charge in [0.15, 0.2) is 0 Å². The van der Waals surface area contributed by atoms with Gasteiger partial charge in [0.1, 0.15) is 0 Å². The van der Waals surface area contributed by atoms with E-state index < -0.39 is 0 Å². The number of aromatic nitrogens is 3. The Kier molecular flexibility index (Phi) is 5.51. The van der Waals surface area contributed by atoms with E-state index in [0.29, 0.717) is 18.8 Å². The molecule has 1 fully saturated rings. The number of urea groups is 1. The molecule has 4 rings (SSSR count). The number of hydrogen-bond donors (Lipinski definition) is 2. The first kappa shape index (κ1) is 18.0. The zero-order valence-corrected chi connectivity index (χ0v) is 15.7. The topological polar surface area (TPSA) is 75.1 Å². The molecule has 1 aliphatic heterocycles. The molecular weight excluding hydrogens is 352 g/mol. The van der Waals surface area contributed by atoms with Crippen LogP contribution in [0.2, 0.25) is 0 Å². The van der Waals surface area contributed by atoms with Crippen LogP contribution in [-0.2, 0) is 6.54 Å². The largest absolute Gasteiger partial charge is 0.381 e. The zero-order valence-electron chi connectivity index (χ0n) is 15.7. The summed E-state index contributed by atoms with van der Waals surface area (Å²) in [5, 5.41) is 10.8. The quantitative estimate of drug-likeness (QED) is 0.715. The first-order valence-corrected chi connectivity index (χ1v) is 9.56. The minimum absolute atomic E-state index is 0.0862. The number of amides is 2. The molecule has 1 saturated heterocycles. The Hall–Kier alpha value is -3.35. The molecule has 1 aromatic carbocycles. The van der Waals surface area contributed by atoms with E-state index in [0.717, 1.165) is 30.8 Å². The summed E-state index contributed by atoms with van der Waals surface area (Å²) in [5.74, 6) is 0. The Morgan fingerprint density at radius 2 is 1.96 bits per heavy atom. The molecule has 28 heavy (non-hydrogen) atoms. The first-order valence-electron chi connectivity index (χ1n) is 9.56. The highest BCUT2D eigenvalue weighted by Gasteiger charge is 2.23. The van der Waals surface area contributed by atoms with Gasteiger partial charge < -0.3 is 15.5 Å². The predicted molar refractivity (Wildman–Crippen MR) is 109 cm³/mol. The number of anilines is 2.